The van der Waals surface area contributed by atoms with E-state index in [1.165, 1.54) is 11.3 Å². The Labute approximate surface area is 155 Å². The van der Waals surface area contributed by atoms with E-state index in [9.17, 15) is 4.79 Å². The zero-order chi connectivity index (χ0) is 17.1. The average molecular weight is 384 g/mol. The highest BCUT2D eigenvalue weighted by molar-refractivity contribution is 7.13. The minimum Gasteiger partial charge on any atom is -0.353 e. The van der Waals surface area contributed by atoms with Crippen molar-refractivity contribution in [3.8, 4) is 10.6 Å². The summed E-state index contributed by atoms with van der Waals surface area (Å²) in [5, 5.41) is 6.94. The summed E-state index contributed by atoms with van der Waals surface area (Å²) in [6.45, 7) is 0.626. The lowest BCUT2D eigenvalue weighted by Gasteiger charge is -2.19. The van der Waals surface area contributed by atoms with Gasteiger partial charge in [0.05, 0.1) is 17.1 Å². The van der Waals surface area contributed by atoms with Crippen molar-refractivity contribution in [1.82, 2.24) is 10.3 Å². The summed E-state index contributed by atoms with van der Waals surface area (Å²) in [5.41, 5.74) is 7.34. The maximum absolute atomic E-state index is 12.3. The van der Waals surface area contributed by atoms with Crippen LogP contribution in [0.3, 0.4) is 0 Å². The van der Waals surface area contributed by atoms with Crippen LogP contribution in [0.2, 0.25) is 10.0 Å². The predicted octanol–water partition coefficient (Wildman–Crippen LogP) is 3.90. The van der Waals surface area contributed by atoms with Gasteiger partial charge in [0.15, 0.2) is 0 Å². The molecule has 24 heavy (non-hydrogen) atoms. The number of hydrogen-bond acceptors (Lipinski definition) is 4. The molecule has 1 heterocycles. The molecule has 0 aliphatic heterocycles. The Morgan fingerprint density at radius 1 is 1.38 bits per heavy atom. The zero-order valence-corrected chi connectivity index (χ0v) is 15.4. The number of carbonyl (C=O) groups excluding carboxylic acids is 1. The van der Waals surface area contributed by atoms with E-state index in [1.807, 2.05) is 11.4 Å². The van der Waals surface area contributed by atoms with Crippen molar-refractivity contribution in [2.24, 2.45) is 11.7 Å². The first-order valence-electron chi connectivity index (χ1n) is 7.96. The lowest BCUT2D eigenvalue weighted by molar-refractivity contribution is -0.121. The molecule has 2 unspecified atom stereocenters. The number of aromatic nitrogens is 1. The molecule has 128 valence electrons. The molecule has 0 bridgehead atoms. The summed E-state index contributed by atoms with van der Waals surface area (Å²) >= 11 is 13.6. The topological polar surface area (TPSA) is 68.0 Å². The van der Waals surface area contributed by atoms with Crippen LogP contribution in [0.4, 0.5) is 0 Å². The summed E-state index contributed by atoms with van der Waals surface area (Å²) < 4.78 is 0. The SMILES string of the molecule is NCC1CCCC1NC(=O)Cc1csc(-c2ccc(Cl)cc2Cl)n1. The number of halogens is 2. The fourth-order valence-corrected chi connectivity index (χ4v) is 4.52. The molecule has 0 radical (unpaired) electrons. The first-order chi connectivity index (χ1) is 11.6. The number of benzene rings is 1. The predicted molar refractivity (Wildman–Crippen MR) is 99.6 cm³/mol. The molecular weight excluding hydrogens is 365 g/mol. The van der Waals surface area contributed by atoms with E-state index in [1.54, 1.807) is 12.1 Å². The quantitative estimate of drug-likeness (QED) is 0.822. The van der Waals surface area contributed by atoms with Crippen LogP contribution in [0.15, 0.2) is 23.6 Å². The number of nitrogens with zero attached hydrogens (tertiary/aromatic N) is 1. The highest BCUT2D eigenvalue weighted by Gasteiger charge is 2.27. The lowest BCUT2D eigenvalue weighted by Crippen LogP contribution is -2.40. The van der Waals surface area contributed by atoms with E-state index in [0.29, 0.717) is 22.5 Å². The van der Waals surface area contributed by atoms with Crippen molar-refractivity contribution in [1.29, 1.82) is 0 Å². The van der Waals surface area contributed by atoms with Crippen LogP contribution in [0, 0.1) is 5.92 Å². The van der Waals surface area contributed by atoms with Gasteiger partial charge >= 0.3 is 0 Å². The van der Waals surface area contributed by atoms with Gasteiger partial charge in [-0.2, -0.15) is 0 Å². The first-order valence-corrected chi connectivity index (χ1v) is 9.59. The molecule has 1 aromatic heterocycles. The molecule has 2 aromatic rings. The second-order valence-electron chi connectivity index (χ2n) is 6.05. The third-order valence-corrected chi connectivity index (χ3v) is 5.84. The maximum atomic E-state index is 12.3. The third-order valence-electron chi connectivity index (χ3n) is 4.36. The number of amides is 1. The zero-order valence-electron chi connectivity index (χ0n) is 13.1. The van der Waals surface area contributed by atoms with E-state index < -0.39 is 0 Å². The summed E-state index contributed by atoms with van der Waals surface area (Å²) in [6, 6.07) is 5.52. The normalized spacial score (nSPS) is 20.3. The minimum atomic E-state index is -0.000553. The molecule has 2 atom stereocenters. The number of rotatable bonds is 5. The molecule has 1 aliphatic rings. The molecule has 1 saturated carbocycles. The fourth-order valence-electron chi connectivity index (χ4n) is 3.11. The number of hydrogen-bond donors (Lipinski definition) is 2. The largest absolute Gasteiger partial charge is 0.353 e. The minimum absolute atomic E-state index is 0.000553. The molecular formula is C17H19Cl2N3OS. The van der Waals surface area contributed by atoms with Crippen molar-refractivity contribution in [3.63, 3.8) is 0 Å². The number of carbonyl (C=O) groups is 1. The molecule has 1 aliphatic carbocycles. The molecule has 1 aromatic carbocycles. The van der Waals surface area contributed by atoms with Crippen LogP contribution in [0.25, 0.3) is 10.6 Å². The Bertz CT molecular complexity index is 734. The third kappa shape index (κ3) is 4.09. The molecule has 3 N–H and O–H groups in total. The van der Waals surface area contributed by atoms with Crippen LogP contribution in [0.5, 0.6) is 0 Å². The summed E-state index contributed by atoms with van der Waals surface area (Å²) in [6.07, 6.45) is 3.51. The van der Waals surface area contributed by atoms with Gasteiger partial charge < -0.3 is 11.1 Å². The van der Waals surface area contributed by atoms with Gasteiger partial charge in [0.2, 0.25) is 5.91 Å². The van der Waals surface area contributed by atoms with Gasteiger partial charge in [-0.3, -0.25) is 4.79 Å². The Kier molecular flexibility index (Phi) is 5.76. The lowest BCUT2D eigenvalue weighted by atomic mass is 10.0. The van der Waals surface area contributed by atoms with Crippen LogP contribution in [0.1, 0.15) is 25.0 Å². The number of nitrogens with two attached hydrogens (primary N) is 1. The van der Waals surface area contributed by atoms with Crippen molar-refractivity contribution in [2.45, 2.75) is 31.7 Å². The summed E-state index contributed by atoms with van der Waals surface area (Å²) in [4.78, 5) is 16.8. The van der Waals surface area contributed by atoms with Crippen molar-refractivity contribution >= 4 is 40.4 Å². The van der Waals surface area contributed by atoms with Gasteiger partial charge in [0.25, 0.3) is 0 Å². The smallest absolute Gasteiger partial charge is 0.226 e. The standard InChI is InChI=1S/C17H19Cl2N3OS/c18-11-4-5-13(14(19)6-11)17-21-12(9-24-17)7-16(23)22-15-3-1-2-10(15)8-20/h4-6,9-10,15H,1-3,7-8,20H2,(H,22,23). The molecule has 1 amide bonds. The fraction of sp³-hybridized carbons (Fsp3) is 0.412. The Morgan fingerprint density at radius 3 is 2.96 bits per heavy atom. The molecule has 3 rings (SSSR count). The second-order valence-corrected chi connectivity index (χ2v) is 7.75. The summed E-state index contributed by atoms with van der Waals surface area (Å²) in [5.74, 6) is 0.396. The van der Waals surface area contributed by atoms with Crippen LogP contribution in [-0.2, 0) is 11.2 Å². The van der Waals surface area contributed by atoms with Crippen molar-refractivity contribution in [2.75, 3.05) is 6.54 Å². The first kappa shape index (κ1) is 17.7. The van der Waals surface area contributed by atoms with Gasteiger partial charge in [-0.1, -0.05) is 29.6 Å². The average Bonchev–Trinajstić information content (AvgIpc) is 3.16. The van der Waals surface area contributed by atoms with Gasteiger partial charge in [-0.05, 0) is 43.5 Å². The molecule has 0 saturated heterocycles. The van der Waals surface area contributed by atoms with Gasteiger partial charge in [-0.25, -0.2) is 4.98 Å². The molecule has 0 spiro atoms. The number of thiazole rings is 1. The Balaban J connectivity index is 1.64. The molecule has 4 nitrogen and oxygen atoms in total. The number of nitrogens with one attached hydrogen (secondary N) is 1. The Morgan fingerprint density at radius 2 is 2.21 bits per heavy atom. The monoisotopic (exact) mass is 383 g/mol. The highest BCUT2D eigenvalue weighted by Crippen LogP contribution is 2.32. The van der Waals surface area contributed by atoms with E-state index in [0.717, 1.165) is 35.5 Å². The highest BCUT2D eigenvalue weighted by atomic mass is 35.5. The van der Waals surface area contributed by atoms with Crippen molar-refractivity contribution in [3.05, 3.63) is 39.3 Å². The second kappa shape index (κ2) is 7.83. The van der Waals surface area contributed by atoms with Crippen LogP contribution < -0.4 is 11.1 Å². The molecule has 1 fully saturated rings. The maximum Gasteiger partial charge on any atom is 0.226 e. The van der Waals surface area contributed by atoms with Crippen LogP contribution in [-0.4, -0.2) is 23.5 Å². The van der Waals surface area contributed by atoms with Gasteiger partial charge in [0, 0.05) is 22.0 Å². The van der Waals surface area contributed by atoms with E-state index in [-0.39, 0.29) is 18.4 Å². The van der Waals surface area contributed by atoms with Crippen molar-refractivity contribution < 1.29 is 4.79 Å². The van der Waals surface area contributed by atoms with Crippen LogP contribution >= 0.6 is 34.5 Å². The Hall–Kier alpha value is -1.14. The summed E-state index contributed by atoms with van der Waals surface area (Å²) in [7, 11) is 0. The van der Waals surface area contributed by atoms with E-state index in [2.05, 4.69) is 10.3 Å². The van der Waals surface area contributed by atoms with Gasteiger partial charge in [0.1, 0.15) is 5.01 Å². The van der Waals surface area contributed by atoms with E-state index in [4.69, 9.17) is 28.9 Å². The van der Waals surface area contributed by atoms with Gasteiger partial charge in [-0.15, -0.1) is 11.3 Å². The van der Waals surface area contributed by atoms with E-state index >= 15 is 0 Å². The molecule has 7 heteroatoms.